The van der Waals surface area contributed by atoms with Gasteiger partial charge in [0.05, 0.1) is 5.69 Å². The first kappa shape index (κ1) is 17.5. The number of imidazole rings is 1. The average molecular weight is 351 g/mol. The lowest BCUT2D eigenvalue weighted by molar-refractivity contribution is 0.0995. The Kier molecular flexibility index (Phi) is 4.41. The first-order valence-corrected chi connectivity index (χ1v) is 8.25. The number of nitrogens with zero attached hydrogens (tertiary/aromatic N) is 3. The van der Waals surface area contributed by atoms with Crippen molar-refractivity contribution in [1.29, 1.82) is 10.8 Å². The highest BCUT2D eigenvalue weighted by Crippen LogP contribution is 2.39. The van der Waals surface area contributed by atoms with E-state index in [4.69, 9.17) is 22.3 Å². The molecular weight excluding hydrogens is 330 g/mol. The van der Waals surface area contributed by atoms with E-state index in [-0.39, 0.29) is 11.4 Å². The second-order valence-electron chi connectivity index (χ2n) is 6.47. The van der Waals surface area contributed by atoms with Crippen LogP contribution in [0.4, 0.5) is 5.69 Å². The summed E-state index contributed by atoms with van der Waals surface area (Å²) in [6.45, 7) is 3.59. The second kappa shape index (κ2) is 6.55. The van der Waals surface area contributed by atoms with Gasteiger partial charge in [0.15, 0.2) is 5.82 Å². The molecule has 1 aliphatic rings. The summed E-state index contributed by atoms with van der Waals surface area (Å²) in [6.07, 6.45) is 6.82. The zero-order valence-electron chi connectivity index (χ0n) is 14.7. The Balaban J connectivity index is 2.23. The summed E-state index contributed by atoms with van der Waals surface area (Å²) in [5.74, 6) is -0.138. The molecule has 0 atom stereocenters. The first-order valence-electron chi connectivity index (χ1n) is 8.25. The van der Waals surface area contributed by atoms with Gasteiger partial charge in [-0.3, -0.25) is 4.79 Å². The van der Waals surface area contributed by atoms with Crippen LogP contribution in [0.3, 0.4) is 0 Å². The molecule has 2 aromatic rings. The summed E-state index contributed by atoms with van der Waals surface area (Å²) < 4.78 is 2.01. The molecule has 1 aliphatic carbocycles. The molecule has 0 aromatic carbocycles. The number of anilines is 1. The molecule has 8 nitrogen and oxygen atoms in total. The zero-order chi connectivity index (χ0) is 19.0. The normalized spacial score (nSPS) is 14.3. The Morgan fingerprint density at radius 1 is 1.31 bits per heavy atom. The van der Waals surface area contributed by atoms with Crippen LogP contribution in [-0.2, 0) is 0 Å². The van der Waals surface area contributed by atoms with Crippen LogP contribution in [0, 0.1) is 10.8 Å². The highest BCUT2D eigenvalue weighted by molar-refractivity contribution is 5.98. The van der Waals surface area contributed by atoms with E-state index in [1.54, 1.807) is 13.0 Å². The number of carbonyl (C=O) groups excluding carboxylic acids is 1. The van der Waals surface area contributed by atoms with Crippen molar-refractivity contribution in [1.82, 2.24) is 14.5 Å². The molecule has 1 fully saturated rings. The molecule has 2 aromatic heterocycles. The molecule has 26 heavy (non-hydrogen) atoms. The average Bonchev–Trinajstić information content (AvgIpc) is 3.31. The molecule has 1 amide bonds. The first-order chi connectivity index (χ1) is 12.3. The summed E-state index contributed by atoms with van der Waals surface area (Å²) in [7, 11) is 0. The standard InChI is InChI=1S/C18H21N7O/c1-9(5-10(2)20)15-8-25(11-3-4-11)18(24-15)16-12(7-19)13(21)6-14(23-16)17(22)26/h5-8,11,19-20H,3-4H2,1-2H3,(H2,21,23)(H2,22,26)/b9-5+,19-7?,20-10?. The van der Waals surface area contributed by atoms with Gasteiger partial charge in [-0.05, 0) is 44.4 Å². The van der Waals surface area contributed by atoms with Crippen molar-refractivity contribution in [3.8, 4) is 11.5 Å². The fourth-order valence-electron chi connectivity index (χ4n) is 2.81. The minimum Gasteiger partial charge on any atom is -0.398 e. The van der Waals surface area contributed by atoms with Gasteiger partial charge in [-0.2, -0.15) is 0 Å². The predicted molar refractivity (Wildman–Crippen MR) is 102 cm³/mol. The molecule has 0 saturated heterocycles. The molecular formula is C18H21N7O. The quantitative estimate of drug-likeness (QED) is 0.591. The number of nitrogens with two attached hydrogens (primary N) is 2. The number of carbonyl (C=O) groups is 1. The summed E-state index contributed by atoms with van der Waals surface area (Å²) >= 11 is 0. The Hall–Kier alpha value is -3.29. The predicted octanol–water partition coefficient (Wildman–Crippen LogP) is 2.40. The molecule has 6 N–H and O–H groups in total. The fourth-order valence-corrected chi connectivity index (χ4v) is 2.81. The van der Waals surface area contributed by atoms with Crippen LogP contribution >= 0.6 is 0 Å². The third-order valence-electron chi connectivity index (χ3n) is 4.21. The number of primary amides is 1. The summed E-state index contributed by atoms with van der Waals surface area (Å²) in [5, 5.41) is 15.3. The Labute approximate surface area is 151 Å². The summed E-state index contributed by atoms with van der Waals surface area (Å²) in [6, 6.07) is 1.68. The van der Waals surface area contributed by atoms with Crippen molar-refractivity contribution in [2.75, 3.05) is 5.73 Å². The topological polar surface area (TPSA) is 148 Å². The van der Waals surface area contributed by atoms with Gasteiger partial charge in [0.25, 0.3) is 5.91 Å². The third kappa shape index (κ3) is 3.26. The molecule has 3 rings (SSSR count). The molecule has 0 bridgehead atoms. The maximum Gasteiger partial charge on any atom is 0.267 e. The van der Waals surface area contributed by atoms with E-state index < -0.39 is 5.91 Å². The van der Waals surface area contributed by atoms with E-state index in [9.17, 15) is 4.79 Å². The molecule has 0 aliphatic heterocycles. The minimum absolute atomic E-state index is 0.0394. The van der Waals surface area contributed by atoms with E-state index in [0.717, 1.165) is 30.3 Å². The number of nitrogen functional groups attached to an aromatic ring is 1. The van der Waals surface area contributed by atoms with Gasteiger partial charge in [-0.25, -0.2) is 9.97 Å². The lowest BCUT2D eigenvalue weighted by Crippen LogP contribution is -2.16. The Bertz CT molecular complexity index is 951. The van der Waals surface area contributed by atoms with Crippen molar-refractivity contribution in [3.63, 3.8) is 0 Å². The van der Waals surface area contributed by atoms with Crippen LogP contribution in [0.2, 0.25) is 0 Å². The molecule has 8 heteroatoms. The zero-order valence-corrected chi connectivity index (χ0v) is 14.7. The number of aromatic nitrogens is 3. The molecule has 0 spiro atoms. The third-order valence-corrected chi connectivity index (χ3v) is 4.21. The molecule has 0 radical (unpaired) electrons. The van der Waals surface area contributed by atoms with Crippen LogP contribution in [0.25, 0.3) is 17.1 Å². The molecule has 2 heterocycles. The van der Waals surface area contributed by atoms with Gasteiger partial charge in [0.1, 0.15) is 11.4 Å². The van der Waals surface area contributed by atoms with Crippen LogP contribution < -0.4 is 11.5 Å². The highest BCUT2D eigenvalue weighted by Gasteiger charge is 2.29. The number of pyridine rings is 1. The van der Waals surface area contributed by atoms with Crippen LogP contribution in [0.1, 0.15) is 54.5 Å². The summed E-state index contributed by atoms with van der Waals surface area (Å²) in [4.78, 5) is 20.6. The van der Waals surface area contributed by atoms with Crippen LogP contribution in [0.5, 0.6) is 0 Å². The van der Waals surface area contributed by atoms with Gasteiger partial charge in [-0.15, -0.1) is 0 Å². The van der Waals surface area contributed by atoms with Crippen molar-refractivity contribution in [3.05, 3.63) is 35.3 Å². The molecule has 1 saturated carbocycles. The van der Waals surface area contributed by atoms with Crippen molar-refractivity contribution >= 4 is 29.1 Å². The van der Waals surface area contributed by atoms with Crippen molar-refractivity contribution < 1.29 is 4.79 Å². The lowest BCUT2D eigenvalue weighted by Gasteiger charge is -2.11. The second-order valence-corrected chi connectivity index (χ2v) is 6.47. The Morgan fingerprint density at radius 3 is 2.54 bits per heavy atom. The lowest BCUT2D eigenvalue weighted by atomic mass is 10.1. The van der Waals surface area contributed by atoms with Gasteiger partial charge < -0.3 is 26.9 Å². The van der Waals surface area contributed by atoms with E-state index in [1.165, 1.54) is 6.07 Å². The van der Waals surface area contributed by atoms with Gasteiger partial charge in [0, 0.05) is 35.4 Å². The maximum atomic E-state index is 11.6. The number of allylic oxidation sites excluding steroid dienone is 2. The Morgan fingerprint density at radius 2 is 2.00 bits per heavy atom. The molecule has 134 valence electrons. The van der Waals surface area contributed by atoms with E-state index in [2.05, 4.69) is 9.97 Å². The smallest absolute Gasteiger partial charge is 0.267 e. The van der Waals surface area contributed by atoms with E-state index >= 15 is 0 Å². The van der Waals surface area contributed by atoms with Crippen LogP contribution in [-0.4, -0.2) is 32.4 Å². The fraction of sp³-hybridized carbons (Fsp3) is 0.278. The largest absolute Gasteiger partial charge is 0.398 e. The number of nitrogens with one attached hydrogen (secondary N) is 2. The number of amides is 1. The SMILES string of the molecule is CC(=N)/C=C(\C)c1cn(C2CC2)c(-c2nc(C(N)=O)cc(N)c2C=N)n1. The van der Waals surface area contributed by atoms with Crippen molar-refractivity contribution in [2.24, 2.45) is 5.73 Å². The van der Waals surface area contributed by atoms with Gasteiger partial charge in [0.2, 0.25) is 0 Å². The van der Waals surface area contributed by atoms with Crippen molar-refractivity contribution in [2.45, 2.75) is 32.7 Å². The van der Waals surface area contributed by atoms with Crippen LogP contribution in [0.15, 0.2) is 18.3 Å². The van der Waals surface area contributed by atoms with Gasteiger partial charge >= 0.3 is 0 Å². The van der Waals surface area contributed by atoms with Gasteiger partial charge in [-0.1, -0.05) is 0 Å². The number of hydrogen-bond donors (Lipinski definition) is 4. The summed E-state index contributed by atoms with van der Waals surface area (Å²) in [5.41, 5.74) is 14.4. The van der Waals surface area contributed by atoms with E-state index in [1.807, 2.05) is 17.7 Å². The monoisotopic (exact) mass is 351 g/mol. The molecule has 0 unspecified atom stereocenters. The van der Waals surface area contributed by atoms with E-state index in [0.29, 0.717) is 28.8 Å². The highest BCUT2D eigenvalue weighted by atomic mass is 16.1. The number of hydrogen-bond acceptors (Lipinski definition) is 6. The minimum atomic E-state index is -0.685. The maximum absolute atomic E-state index is 11.6. The number of rotatable bonds is 6.